The van der Waals surface area contributed by atoms with Gasteiger partial charge in [-0.3, -0.25) is 9.78 Å². The molecule has 1 heterocycles. The van der Waals surface area contributed by atoms with Crippen LogP contribution in [0, 0.1) is 24.6 Å². The van der Waals surface area contributed by atoms with E-state index < -0.39 is 26.5 Å². The van der Waals surface area contributed by atoms with E-state index in [0.29, 0.717) is 0 Å². The molecule has 1 aromatic heterocycles. The number of carboxylic acids is 1. The topological polar surface area (TPSA) is 96.7 Å². The van der Waals surface area contributed by atoms with Crippen LogP contribution in [-0.4, -0.2) is 40.0 Å². The Balaban J connectivity index is 1.69. The number of aliphatic hydroxyl groups excluding tert-OH is 1. The highest BCUT2D eigenvalue weighted by atomic mass is 31.1. The fourth-order valence-electron chi connectivity index (χ4n) is 4.05. The molecule has 0 saturated heterocycles. The first-order valence-electron chi connectivity index (χ1n) is 11.7. The second-order valence-corrected chi connectivity index (χ2v) is 10.00. The van der Waals surface area contributed by atoms with E-state index in [1.165, 1.54) is 12.1 Å². The second-order valence-electron chi connectivity index (χ2n) is 8.71. The monoisotopic (exact) mass is 506 g/mol. The van der Waals surface area contributed by atoms with Crippen LogP contribution in [0.25, 0.3) is 22.4 Å². The van der Waals surface area contributed by atoms with Gasteiger partial charge in [-0.1, -0.05) is 54.3 Å². The standard InChI is InChI=1S/C28H25FNO5P/c1-18-26(19-11-13-22(29)14-12-19)24(8-5-15-35-36(34)17-23(31)16-25(32)33)28(21-9-10-21)30-27(18)20-6-3-2-4-7-20/h2-4,6-7,11-14,21,23,31H,9-10,15-17H2,1H3/p+1/t23-/m0/s1. The normalized spacial score (nSPS) is 14.0. The highest BCUT2D eigenvalue weighted by Gasteiger charge is 2.31. The number of hydrogen-bond donors (Lipinski definition) is 2. The van der Waals surface area contributed by atoms with Crippen molar-refractivity contribution in [3.8, 4) is 34.2 Å². The molecule has 0 bridgehead atoms. The minimum Gasteiger partial charge on any atom is -0.481 e. The van der Waals surface area contributed by atoms with Gasteiger partial charge in [0.2, 0.25) is 6.16 Å². The van der Waals surface area contributed by atoms with Crippen LogP contribution in [0.3, 0.4) is 0 Å². The quantitative estimate of drug-likeness (QED) is 0.286. The number of benzene rings is 2. The van der Waals surface area contributed by atoms with Crippen molar-refractivity contribution in [2.75, 3.05) is 12.8 Å². The highest BCUT2D eigenvalue weighted by molar-refractivity contribution is 7.39. The lowest BCUT2D eigenvalue weighted by atomic mass is 9.90. The summed E-state index contributed by atoms with van der Waals surface area (Å²) in [6, 6.07) is 16.2. The minimum atomic E-state index is -2.26. The van der Waals surface area contributed by atoms with Crippen LogP contribution in [0.15, 0.2) is 54.6 Å². The number of carboxylic acid groups (broad SMARTS) is 1. The predicted octanol–water partition coefficient (Wildman–Crippen LogP) is 5.69. The predicted molar refractivity (Wildman–Crippen MR) is 135 cm³/mol. The Morgan fingerprint density at radius 1 is 1.17 bits per heavy atom. The zero-order valence-electron chi connectivity index (χ0n) is 19.8. The number of aliphatic carboxylic acids is 1. The molecule has 184 valence electrons. The number of carbonyl (C=O) groups is 1. The minimum absolute atomic E-state index is 0.151. The summed E-state index contributed by atoms with van der Waals surface area (Å²) in [5.74, 6) is 4.85. The molecule has 3 aromatic rings. The molecule has 2 atom stereocenters. The van der Waals surface area contributed by atoms with E-state index in [0.717, 1.165) is 52.0 Å². The van der Waals surface area contributed by atoms with Gasteiger partial charge in [-0.15, -0.1) is 4.52 Å². The molecule has 6 nitrogen and oxygen atoms in total. The Kier molecular flexibility index (Phi) is 8.22. The van der Waals surface area contributed by atoms with Gasteiger partial charge in [0, 0.05) is 17.0 Å². The van der Waals surface area contributed by atoms with Gasteiger partial charge in [-0.2, -0.15) is 0 Å². The Hall–Kier alpha value is -3.43. The lowest BCUT2D eigenvalue weighted by Gasteiger charge is -2.17. The van der Waals surface area contributed by atoms with Crippen molar-refractivity contribution in [1.82, 2.24) is 4.98 Å². The molecule has 1 aliphatic rings. The maximum atomic E-state index is 13.7. The average molecular weight is 506 g/mol. The molecule has 8 heteroatoms. The molecule has 0 amide bonds. The molecule has 1 saturated carbocycles. The molecule has 2 aromatic carbocycles. The third-order valence-electron chi connectivity index (χ3n) is 5.88. The third kappa shape index (κ3) is 6.41. The fourth-order valence-corrected chi connectivity index (χ4v) is 4.83. The molecule has 1 aliphatic carbocycles. The van der Waals surface area contributed by atoms with Crippen LogP contribution in [0.4, 0.5) is 4.39 Å². The molecule has 1 fully saturated rings. The SMILES string of the molecule is Cc1c(-c2ccccc2)nc(C2CC2)c(C#CCO[P+](=O)C[C@@H](O)CC(=O)O)c1-c1ccc(F)cc1. The van der Waals surface area contributed by atoms with Gasteiger partial charge in [0.15, 0.2) is 6.61 Å². The van der Waals surface area contributed by atoms with E-state index in [4.69, 9.17) is 14.6 Å². The fraction of sp³-hybridized carbons (Fsp3) is 0.286. The Bertz CT molecular complexity index is 1330. The smallest absolute Gasteiger partial charge is 0.481 e. The van der Waals surface area contributed by atoms with E-state index >= 15 is 0 Å². The number of hydrogen-bond acceptors (Lipinski definition) is 5. The highest BCUT2D eigenvalue weighted by Crippen LogP contribution is 2.45. The summed E-state index contributed by atoms with van der Waals surface area (Å²) in [6.45, 7) is 1.83. The summed E-state index contributed by atoms with van der Waals surface area (Å²) < 4.78 is 31.0. The zero-order valence-corrected chi connectivity index (χ0v) is 20.7. The van der Waals surface area contributed by atoms with Gasteiger partial charge < -0.3 is 10.2 Å². The zero-order chi connectivity index (χ0) is 25.7. The van der Waals surface area contributed by atoms with Gasteiger partial charge >= 0.3 is 14.0 Å². The molecule has 4 rings (SSSR count). The second kappa shape index (κ2) is 11.5. The Labute approximate surface area is 210 Å². The van der Waals surface area contributed by atoms with Gasteiger partial charge in [-0.25, -0.2) is 4.39 Å². The van der Waals surface area contributed by atoms with Crippen LogP contribution in [0.2, 0.25) is 0 Å². The first kappa shape index (κ1) is 25.7. The van der Waals surface area contributed by atoms with Crippen molar-refractivity contribution in [2.24, 2.45) is 0 Å². The van der Waals surface area contributed by atoms with Crippen molar-refractivity contribution >= 4 is 14.0 Å². The van der Waals surface area contributed by atoms with E-state index in [-0.39, 0.29) is 24.5 Å². The molecule has 0 spiro atoms. The maximum absolute atomic E-state index is 13.7. The number of nitrogens with zero attached hydrogens (tertiary/aromatic N) is 1. The van der Waals surface area contributed by atoms with Crippen LogP contribution in [-0.2, 0) is 13.9 Å². The summed E-state index contributed by atoms with van der Waals surface area (Å²) in [7, 11) is -2.26. The first-order chi connectivity index (χ1) is 17.3. The van der Waals surface area contributed by atoms with Crippen molar-refractivity contribution in [2.45, 2.75) is 38.2 Å². The number of aliphatic hydroxyl groups is 1. The lowest BCUT2D eigenvalue weighted by Crippen LogP contribution is -2.15. The van der Waals surface area contributed by atoms with Crippen LogP contribution >= 0.6 is 8.03 Å². The van der Waals surface area contributed by atoms with Crippen LogP contribution in [0.5, 0.6) is 0 Å². The summed E-state index contributed by atoms with van der Waals surface area (Å²) in [4.78, 5) is 15.7. The average Bonchev–Trinajstić information content (AvgIpc) is 3.68. The van der Waals surface area contributed by atoms with E-state index in [1.54, 1.807) is 12.1 Å². The van der Waals surface area contributed by atoms with Crippen LogP contribution in [0.1, 0.15) is 42.0 Å². The molecular weight excluding hydrogens is 480 g/mol. The maximum Gasteiger partial charge on any atom is 0.511 e. The molecule has 0 radical (unpaired) electrons. The van der Waals surface area contributed by atoms with Crippen molar-refractivity contribution < 1.29 is 28.5 Å². The van der Waals surface area contributed by atoms with Gasteiger partial charge in [0.25, 0.3) is 0 Å². The Morgan fingerprint density at radius 2 is 1.86 bits per heavy atom. The molecule has 1 unspecified atom stereocenters. The van der Waals surface area contributed by atoms with Crippen molar-refractivity contribution in [3.05, 3.63) is 77.2 Å². The summed E-state index contributed by atoms with van der Waals surface area (Å²) >= 11 is 0. The van der Waals surface area contributed by atoms with Gasteiger partial charge in [0.05, 0.1) is 23.4 Å². The molecular formula is C28H26FNO5P+. The first-order valence-corrected chi connectivity index (χ1v) is 13.0. The molecule has 2 N–H and O–H groups in total. The van der Waals surface area contributed by atoms with Crippen molar-refractivity contribution in [1.29, 1.82) is 0 Å². The molecule has 0 aliphatic heterocycles. The molecule has 36 heavy (non-hydrogen) atoms. The number of aromatic nitrogens is 1. The largest absolute Gasteiger partial charge is 0.511 e. The van der Waals surface area contributed by atoms with E-state index in [1.807, 2.05) is 37.3 Å². The lowest BCUT2D eigenvalue weighted by molar-refractivity contribution is -0.138. The summed E-state index contributed by atoms with van der Waals surface area (Å²) in [5.41, 5.74) is 6.08. The van der Waals surface area contributed by atoms with E-state index in [9.17, 15) is 18.9 Å². The van der Waals surface area contributed by atoms with Gasteiger partial charge in [-0.05, 0) is 47.6 Å². The van der Waals surface area contributed by atoms with E-state index in [2.05, 4.69) is 11.8 Å². The third-order valence-corrected chi connectivity index (χ3v) is 7.01. The number of pyridine rings is 1. The van der Waals surface area contributed by atoms with Crippen molar-refractivity contribution in [3.63, 3.8) is 0 Å². The number of rotatable bonds is 9. The number of halogens is 1. The summed E-state index contributed by atoms with van der Waals surface area (Å²) in [6.07, 6.45) is -0.00931. The Morgan fingerprint density at radius 3 is 2.50 bits per heavy atom. The van der Waals surface area contributed by atoms with Crippen LogP contribution < -0.4 is 0 Å². The summed E-state index contributed by atoms with van der Waals surface area (Å²) in [5, 5.41) is 18.4. The van der Waals surface area contributed by atoms with Gasteiger partial charge in [0.1, 0.15) is 11.9 Å².